The summed E-state index contributed by atoms with van der Waals surface area (Å²) in [5.74, 6) is -0.0637. The molecular weight excluding hydrogens is 408 g/mol. The summed E-state index contributed by atoms with van der Waals surface area (Å²) >= 11 is 12.8. The van der Waals surface area contributed by atoms with Gasteiger partial charge in [-0.3, -0.25) is 5.11 Å². The molecule has 5 heteroatoms. The summed E-state index contributed by atoms with van der Waals surface area (Å²) in [6.07, 6.45) is 0. The van der Waals surface area contributed by atoms with Crippen molar-refractivity contribution in [3.8, 4) is 5.75 Å². The molecule has 0 amide bonds. The van der Waals surface area contributed by atoms with Gasteiger partial charge >= 0.3 is 0 Å². The molecule has 59 valence electrons. The van der Waals surface area contributed by atoms with Crippen LogP contribution in [0.25, 0.3) is 0 Å². The van der Waals surface area contributed by atoms with Crippen LogP contribution in [0.3, 0.4) is 0 Å². The second-order valence-corrected chi connectivity index (χ2v) is 5.09. The monoisotopic (exact) mass is 405 g/mol. The molecule has 0 atom stereocenters. The van der Waals surface area contributed by atoms with Gasteiger partial charge in [0.25, 0.3) is 0 Å². The van der Waals surface area contributed by atoms with Crippen LogP contribution in [0.15, 0.2) is 24.0 Å². The van der Waals surface area contributed by atoms with Crippen molar-refractivity contribution in [2.24, 2.45) is 0 Å². The van der Waals surface area contributed by atoms with Crippen LogP contribution in [-0.2, 0) is 5.11 Å². The minimum Gasteiger partial charge on any atom is -0.287 e. The van der Waals surface area contributed by atoms with Gasteiger partial charge in [-0.1, -0.05) is 0 Å². The maximum atomic E-state index is 11.3. The zero-order valence-corrected chi connectivity index (χ0v) is 11.3. The van der Waals surface area contributed by atoms with Gasteiger partial charge in [-0.25, -0.2) is 0 Å². The second kappa shape index (κ2) is 3.77. The number of hydrogen-bond donors (Lipinski definition) is 0. The molecule has 0 fully saturated rings. The van der Waals surface area contributed by atoms with Gasteiger partial charge in [0, 0.05) is 8.95 Å². The lowest BCUT2D eigenvalue weighted by atomic mass is 10.3. The van der Waals surface area contributed by atoms with Crippen molar-refractivity contribution in [3.05, 3.63) is 24.0 Å². The van der Waals surface area contributed by atoms with E-state index in [0.717, 1.165) is 8.95 Å². The number of halogens is 4. The second-order valence-electron chi connectivity index (χ2n) is 1.80. The highest BCUT2D eigenvalue weighted by molar-refractivity contribution is 9.14. The maximum absolute atomic E-state index is 11.3. The Balaban J connectivity index is 3.46. The van der Waals surface area contributed by atoms with Crippen molar-refractivity contribution < 1.29 is 5.11 Å². The lowest BCUT2D eigenvalue weighted by molar-refractivity contribution is 0.348. The lowest BCUT2D eigenvalue weighted by Gasteiger charge is -2.01. The van der Waals surface area contributed by atoms with Crippen LogP contribution in [0.2, 0.25) is 0 Å². The van der Waals surface area contributed by atoms with E-state index in [1.165, 1.54) is 0 Å². The summed E-state index contributed by atoms with van der Waals surface area (Å²) in [5, 5.41) is 11.3. The molecule has 0 saturated carbocycles. The molecule has 0 aliphatic carbocycles. The molecule has 0 bridgehead atoms. The van der Waals surface area contributed by atoms with Crippen LogP contribution in [-0.4, -0.2) is 0 Å². The summed E-state index contributed by atoms with van der Waals surface area (Å²) in [5.41, 5.74) is 0. The summed E-state index contributed by atoms with van der Waals surface area (Å²) in [6, 6.07) is 1.80. The Morgan fingerprint density at radius 1 is 0.909 bits per heavy atom. The van der Waals surface area contributed by atoms with E-state index in [0.29, 0.717) is 8.95 Å². The van der Waals surface area contributed by atoms with Crippen molar-refractivity contribution in [2.45, 2.75) is 0 Å². The quantitative estimate of drug-likeness (QED) is 0.545. The lowest BCUT2D eigenvalue weighted by Crippen LogP contribution is -1.75. The van der Waals surface area contributed by atoms with E-state index in [9.17, 15) is 5.11 Å². The van der Waals surface area contributed by atoms with Crippen LogP contribution in [0, 0.1) is 0 Å². The summed E-state index contributed by atoms with van der Waals surface area (Å²) in [6.45, 7) is 0. The van der Waals surface area contributed by atoms with E-state index >= 15 is 0 Å². The molecule has 0 spiro atoms. The van der Waals surface area contributed by atoms with Gasteiger partial charge in [-0.15, -0.1) is 0 Å². The van der Waals surface area contributed by atoms with Crippen LogP contribution in [0.1, 0.15) is 0 Å². The molecule has 0 aliphatic heterocycles. The number of hydrogen-bond acceptors (Lipinski definition) is 0. The van der Waals surface area contributed by atoms with Gasteiger partial charge in [0.05, 0.1) is 8.95 Å². The molecule has 11 heavy (non-hydrogen) atoms. The SMILES string of the molecule is [O]c1c(Br)c(Br)cc(Br)c1Br. The molecule has 1 nitrogen and oxygen atoms in total. The minimum absolute atomic E-state index is 0.0637. The predicted octanol–water partition coefficient (Wildman–Crippen LogP) is 4.88. The topological polar surface area (TPSA) is 19.9 Å². The van der Waals surface area contributed by atoms with Crippen molar-refractivity contribution in [1.29, 1.82) is 0 Å². The molecule has 0 aromatic heterocycles. The van der Waals surface area contributed by atoms with Gasteiger partial charge in [0.1, 0.15) is 0 Å². The van der Waals surface area contributed by atoms with Gasteiger partial charge in [-0.05, 0) is 69.8 Å². The fraction of sp³-hybridized carbons (Fsp3) is 0. The van der Waals surface area contributed by atoms with E-state index in [1.807, 2.05) is 0 Å². The maximum Gasteiger partial charge on any atom is 0.209 e. The average molecular weight is 409 g/mol. The van der Waals surface area contributed by atoms with Gasteiger partial charge in [0.2, 0.25) is 5.75 Å². The Morgan fingerprint density at radius 3 is 1.64 bits per heavy atom. The zero-order valence-electron chi connectivity index (χ0n) is 5.00. The third kappa shape index (κ3) is 1.99. The third-order valence-electron chi connectivity index (χ3n) is 1.07. The first kappa shape index (κ1) is 10.0. The molecule has 1 aromatic rings. The van der Waals surface area contributed by atoms with Crippen molar-refractivity contribution in [3.63, 3.8) is 0 Å². The molecule has 0 saturated heterocycles. The largest absolute Gasteiger partial charge is 0.287 e. The molecule has 1 aromatic carbocycles. The highest BCUT2D eigenvalue weighted by atomic mass is 79.9. The summed E-state index contributed by atoms with van der Waals surface area (Å²) < 4.78 is 2.57. The van der Waals surface area contributed by atoms with E-state index in [-0.39, 0.29) is 5.75 Å². The third-order valence-corrected chi connectivity index (χ3v) is 4.96. The fourth-order valence-electron chi connectivity index (χ4n) is 0.551. The molecule has 0 heterocycles. The van der Waals surface area contributed by atoms with Crippen LogP contribution < -0.4 is 0 Å². The first-order chi connectivity index (χ1) is 5.04. The van der Waals surface area contributed by atoms with Crippen molar-refractivity contribution >= 4 is 63.7 Å². The Morgan fingerprint density at radius 2 is 1.27 bits per heavy atom. The molecular formula is C6HBr4O. The standard InChI is InChI=1S/C6HBr4O/c7-2-1-3(8)5(10)6(11)4(2)9/h1H. The Kier molecular flexibility index (Phi) is 3.43. The van der Waals surface area contributed by atoms with Gasteiger partial charge in [0.15, 0.2) is 0 Å². The zero-order chi connectivity index (χ0) is 8.59. The van der Waals surface area contributed by atoms with E-state index < -0.39 is 0 Å². The van der Waals surface area contributed by atoms with Crippen molar-refractivity contribution in [1.82, 2.24) is 0 Å². The van der Waals surface area contributed by atoms with Crippen LogP contribution in [0.5, 0.6) is 5.75 Å². The Bertz CT molecular complexity index is 271. The Hall–Kier alpha value is 0.940. The average Bonchev–Trinajstić information content (AvgIpc) is 1.97. The van der Waals surface area contributed by atoms with Crippen LogP contribution in [0.4, 0.5) is 0 Å². The summed E-state index contributed by atoms with van der Waals surface area (Å²) in [7, 11) is 0. The number of rotatable bonds is 0. The first-order valence-corrected chi connectivity index (χ1v) is 5.71. The van der Waals surface area contributed by atoms with E-state index in [2.05, 4.69) is 63.7 Å². The molecule has 0 aliphatic rings. The minimum atomic E-state index is -0.0637. The molecule has 1 rings (SSSR count). The molecule has 0 N–H and O–H groups in total. The van der Waals surface area contributed by atoms with Gasteiger partial charge < -0.3 is 0 Å². The van der Waals surface area contributed by atoms with Crippen LogP contribution >= 0.6 is 63.7 Å². The normalized spacial score (nSPS) is 10.2. The molecule has 0 unspecified atom stereocenters. The fourth-order valence-corrected chi connectivity index (χ4v) is 2.57. The number of benzene rings is 1. The summed E-state index contributed by atoms with van der Waals surface area (Å²) in [4.78, 5) is 0. The Labute approximate surface area is 97.7 Å². The first-order valence-electron chi connectivity index (χ1n) is 2.54. The van der Waals surface area contributed by atoms with E-state index in [1.54, 1.807) is 6.07 Å². The smallest absolute Gasteiger partial charge is 0.209 e. The van der Waals surface area contributed by atoms with Gasteiger partial charge in [-0.2, -0.15) is 0 Å². The van der Waals surface area contributed by atoms with E-state index in [4.69, 9.17) is 0 Å². The highest BCUT2D eigenvalue weighted by Gasteiger charge is 2.12. The predicted molar refractivity (Wildman–Crippen MR) is 57.4 cm³/mol. The van der Waals surface area contributed by atoms with Crippen molar-refractivity contribution in [2.75, 3.05) is 0 Å². The highest BCUT2D eigenvalue weighted by Crippen LogP contribution is 2.42. The molecule has 1 radical (unpaired) electrons.